The highest BCUT2D eigenvalue weighted by Crippen LogP contribution is 2.21. The van der Waals surface area contributed by atoms with Crippen LogP contribution in [0.15, 0.2) is 24.3 Å². The monoisotopic (exact) mass is 367 g/mol. The first-order valence-corrected chi connectivity index (χ1v) is 9.30. The molecule has 2 saturated heterocycles. The highest BCUT2D eigenvalue weighted by Gasteiger charge is 2.32. The van der Waals surface area contributed by atoms with E-state index in [0.717, 1.165) is 38.5 Å². The smallest absolute Gasteiger partial charge is 0.317 e. The molecule has 7 heteroatoms. The molecule has 1 N–H and O–H groups in total. The van der Waals surface area contributed by atoms with Crippen molar-refractivity contribution >= 4 is 17.6 Å². The summed E-state index contributed by atoms with van der Waals surface area (Å²) < 4.78 is 11.2. The molecule has 25 heavy (non-hydrogen) atoms. The Balaban J connectivity index is 1.38. The van der Waals surface area contributed by atoms with Crippen molar-refractivity contribution in [2.75, 3.05) is 45.9 Å². The maximum Gasteiger partial charge on any atom is 0.317 e. The maximum absolute atomic E-state index is 12.3. The van der Waals surface area contributed by atoms with Crippen LogP contribution in [-0.4, -0.2) is 73.9 Å². The Morgan fingerprint density at radius 3 is 2.84 bits per heavy atom. The summed E-state index contributed by atoms with van der Waals surface area (Å²) in [6, 6.07) is 7.69. The first-order valence-electron chi connectivity index (χ1n) is 8.92. The van der Waals surface area contributed by atoms with E-state index in [1.807, 2.05) is 18.2 Å². The Bertz CT molecular complexity index is 574. The number of carbonyl (C=O) groups excluding carboxylic acids is 1. The van der Waals surface area contributed by atoms with E-state index in [0.29, 0.717) is 30.7 Å². The van der Waals surface area contributed by atoms with Gasteiger partial charge in [-0.3, -0.25) is 4.90 Å². The topological polar surface area (TPSA) is 54.0 Å². The number of halogens is 1. The van der Waals surface area contributed by atoms with E-state index in [1.165, 1.54) is 0 Å². The van der Waals surface area contributed by atoms with Crippen LogP contribution >= 0.6 is 11.6 Å². The number of benzene rings is 1. The van der Waals surface area contributed by atoms with Gasteiger partial charge in [0.1, 0.15) is 11.9 Å². The number of rotatable bonds is 6. The third-order valence-electron chi connectivity index (χ3n) is 4.76. The SMILES string of the molecule is CC[C@H](CNC(=O)N1CC(Oc2cccc(Cl)c2)C1)N1CCOCC1. The molecule has 2 aliphatic heterocycles. The van der Waals surface area contributed by atoms with Gasteiger partial charge in [0.15, 0.2) is 0 Å². The molecule has 2 amide bonds. The van der Waals surface area contributed by atoms with Crippen molar-refractivity contribution in [3.8, 4) is 5.75 Å². The van der Waals surface area contributed by atoms with Crippen LogP contribution in [0, 0.1) is 0 Å². The van der Waals surface area contributed by atoms with Crippen molar-refractivity contribution in [2.24, 2.45) is 0 Å². The lowest BCUT2D eigenvalue weighted by Gasteiger charge is -2.39. The van der Waals surface area contributed by atoms with Gasteiger partial charge in [-0.1, -0.05) is 24.6 Å². The lowest BCUT2D eigenvalue weighted by Crippen LogP contribution is -2.60. The average molecular weight is 368 g/mol. The van der Waals surface area contributed by atoms with E-state index in [2.05, 4.69) is 17.1 Å². The zero-order valence-electron chi connectivity index (χ0n) is 14.6. The van der Waals surface area contributed by atoms with Crippen LogP contribution in [-0.2, 0) is 4.74 Å². The second-order valence-corrected chi connectivity index (χ2v) is 6.94. The lowest BCUT2D eigenvalue weighted by atomic mass is 10.1. The Morgan fingerprint density at radius 2 is 2.16 bits per heavy atom. The maximum atomic E-state index is 12.3. The number of morpholine rings is 1. The van der Waals surface area contributed by atoms with E-state index >= 15 is 0 Å². The minimum absolute atomic E-state index is 0.0161. The van der Waals surface area contributed by atoms with Crippen molar-refractivity contribution in [3.05, 3.63) is 29.3 Å². The number of urea groups is 1. The first kappa shape index (κ1) is 18.3. The fraction of sp³-hybridized carbons (Fsp3) is 0.611. The number of amides is 2. The predicted molar refractivity (Wildman–Crippen MR) is 97.3 cm³/mol. The van der Waals surface area contributed by atoms with Gasteiger partial charge in [0.05, 0.1) is 26.3 Å². The van der Waals surface area contributed by atoms with Crippen molar-refractivity contribution in [3.63, 3.8) is 0 Å². The summed E-state index contributed by atoms with van der Waals surface area (Å²) in [5.74, 6) is 0.746. The predicted octanol–water partition coefficient (Wildman–Crippen LogP) is 2.22. The quantitative estimate of drug-likeness (QED) is 0.837. The van der Waals surface area contributed by atoms with Crippen molar-refractivity contribution < 1.29 is 14.3 Å². The summed E-state index contributed by atoms with van der Waals surface area (Å²) >= 11 is 5.95. The minimum atomic E-state index is -0.0161. The van der Waals surface area contributed by atoms with Crippen molar-refractivity contribution in [2.45, 2.75) is 25.5 Å². The van der Waals surface area contributed by atoms with Crippen molar-refractivity contribution in [1.29, 1.82) is 0 Å². The summed E-state index contributed by atoms with van der Waals surface area (Å²) in [4.78, 5) is 16.4. The minimum Gasteiger partial charge on any atom is -0.487 e. The van der Waals surface area contributed by atoms with E-state index in [1.54, 1.807) is 11.0 Å². The molecule has 6 nitrogen and oxygen atoms in total. The fourth-order valence-corrected chi connectivity index (χ4v) is 3.38. The summed E-state index contributed by atoms with van der Waals surface area (Å²) in [5.41, 5.74) is 0. The third kappa shape index (κ3) is 5.00. The largest absolute Gasteiger partial charge is 0.487 e. The number of hydrogen-bond acceptors (Lipinski definition) is 4. The highest BCUT2D eigenvalue weighted by atomic mass is 35.5. The van der Waals surface area contributed by atoms with Crippen LogP contribution in [0.5, 0.6) is 5.75 Å². The molecule has 0 unspecified atom stereocenters. The van der Waals surface area contributed by atoms with Gasteiger partial charge in [-0.15, -0.1) is 0 Å². The molecule has 0 aliphatic carbocycles. The zero-order valence-corrected chi connectivity index (χ0v) is 15.4. The zero-order chi connectivity index (χ0) is 17.6. The lowest BCUT2D eigenvalue weighted by molar-refractivity contribution is 0.0147. The molecule has 1 aromatic rings. The highest BCUT2D eigenvalue weighted by molar-refractivity contribution is 6.30. The Morgan fingerprint density at radius 1 is 1.40 bits per heavy atom. The standard InChI is InChI=1S/C18H26ClN3O3/c1-2-15(21-6-8-24-9-7-21)11-20-18(23)22-12-17(13-22)25-16-5-3-4-14(19)10-16/h3-5,10,15,17H,2,6-9,11-13H2,1H3,(H,20,23)/t15-/m1/s1. The number of likely N-dealkylation sites (tertiary alicyclic amines) is 1. The fourth-order valence-electron chi connectivity index (χ4n) is 3.20. The second kappa shape index (κ2) is 8.74. The second-order valence-electron chi connectivity index (χ2n) is 6.50. The Labute approximate surface area is 154 Å². The summed E-state index contributed by atoms with van der Waals surface area (Å²) in [7, 11) is 0. The van der Waals surface area contributed by atoms with Crippen LogP contribution in [0.2, 0.25) is 5.02 Å². The molecule has 0 spiro atoms. The molecule has 0 radical (unpaired) electrons. The molecular weight excluding hydrogens is 342 g/mol. The molecule has 2 heterocycles. The number of nitrogens with one attached hydrogen (secondary N) is 1. The van der Waals surface area contributed by atoms with Crippen molar-refractivity contribution in [1.82, 2.24) is 15.1 Å². The molecule has 2 aliphatic rings. The first-order chi connectivity index (χ1) is 12.2. The number of ether oxygens (including phenoxy) is 2. The van der Waals surface area contributed by atoms with Crippen LogP contribution < -0.4 is 10.1 Å². The van der Waals surface area contributed by atoms with E-state index in [4.69, 9.17) is 21.1 Å². The third-order valence-corrected chi connectivity index (χ3v) is 4.99. The van der Waals surface area contributed by atoms with Crippen LogP contribution in [0.1, 0.15) is 13.3 Å². The normalized spacial score (nSPS) is 20.0. The number of carbonyl (C=O) groups is 1. The molecular formula is C18H26ClN3O3. The number of hydrogen-bond donors (Lipinski definition) is 1. The molecule has 0 bridgehead atoms. The van der Waals surface area contributed by atoms with Gasteiger partial charge in [0.25, 0.3) is 0 Å². The van der Waals surface area contributed by atoms with Gasteiger partial charge >= 0.3 is 6.03 Å². The molecule has 0 aromatic heterocycles. The van der Waals surface area contributed by atoms with E-state index in [9.17, 15) is 4.79 Å². The van der Waals surface area contributed by atoms with E-state index < -0.39 is 0 Å². The van der Waals surface area contributed by atoms with E-state index in [-0.39, 0.29) is 12.1 Å². The van der Waals surface area contributed by atoms with Gasteiger partial charge in [-0.05, 0) is 24.6 Å². The van der Waals surface area contributed by atoms with Crippen LogP contribution in [0.4, 0.5) is 4.79 Å². The molecule has 3 rings (SSSR count). The van der Waals surface area contributed by atoms with Gasteiger partial charge in [-0.25, -0.2) is 4.79 Å². The van der Waals surface area contributed by atoms with Gasteiger partial charge in [0.2, 0.25) is 0 Å². The average Bonchev–Trinajstić information content (AvgIpc) is 2.59. The van der Waals surface area contributed by atoms with Gasteiger partial charge in [-0.2, -0.15) is 0 Å². The van der Waals surface area contributed by atoms with Gasteiger partial charge in [0, 0.05) is 30.7 Å². The molecule has 2 fully saturated rings. The van der Waals surface area contributed by atoms with Crippen LogP contribution in [0.25, 0.3) is 0 Å². The summed E-state index contributed by atoms with van der Waals surface area (Å²) in [5, 5.41) is 3.71. The van der Waals surface area contributed by atoms with Gasteiger partial charge < -0.3 is 19.7 Å². The van der Waals surface area contributed by atoms with Crippen LogP contribution in [0.3, 0.4) is 0 Å². The molecule has 138 valence electrons. The summed E-state index contributed by atoms with van der Waals surface area (Å²) in [6.45, 7) is 7.47. The Kier molecular flexibility index (Phi) is 6.39. The molecule has 1 aromatic carbocycles. The summed E-state index contributed by atoms with van der Waals surface area (Å²) in [6.07, 6.45) is 1.05. The molecule has 1 atom stereocenters. The molecule has 0 saturated carbocycles. The number of nitrogens with zero attached hydrogens (tertiary/aromatic N) is 2. The Hall–Kier alpha value is -1.50.